The second kappa shape index (κ2) is 11.8. The molecule has 0 spiro atoms. The Hall–Kier alpha value is -4.07. The largest absolute Gasteiger partial charge is 0.462 e. The molecule has 1 unspecified atom stereocenters. The van der Waals surface area contributed by atoms with Crippen LogP contribution in [0.1, 0.15) is 53.5 Å². The molecule has 3 amide bonds. The topological polar surface area (TPSA) is 83.9 Å². The average Bonchev–Trinajstić information content (AvgIpc) is 3.38. The van der Waals surface area contributed by atoms with Gasteiger partial charge in [-0.1, -0.05) is 36.8 Å². The van der Waals surface area contributed by atoms with Crippen LogP contribution in [0.3, 0.4) is 0 Å². The molecular weight excluding hydrogens is 468 g/mol. The zero-order chi connectivity index (χ0) is 26.4. The van der Waals surface area contributed by atoms with Crippen LogP contribution < -0.4 is 5.32 Å². The van der Waals surface area contributed by atoms with E-state index in [0.717, 1.165) is 16.8 Å². The summed E-state index contributed by atoms with van der Waals surface area (Å²) in [5, 5.41) is 2.85. The standard InChI is InChI=1S/C29H34N4O4/c1-4-16-32(29(36)30-24-14-12-23(13-15-24)28(35)37-5-2)20-26(34)33-19-18-31-17-6-7-25(31)27(33)22-10-8-21(3)9-11-22/h6-15,17,27H,4-5,16,18-20H2,1-3H3,(H,30,36). The third-order valence-corrected chi connectivity index (χ3v) is 6.51. The number of aromatic nitrogens is 1. The summed E-state index contributed by atoms with van der Waals surface area (Å²) in [5.41, 5.74) is 4.23. The molecule has 0 aliphatic carbocycles. The lowest BCUT2D eigenvalue weighted by Crippen LogP contribution is -2.48. The number of amides is 3. The maximum atomic E-state index is 13.6. The second-order valence-electron chi connectivity index (χ2n) is 9.18. The lowest BCUT2D eigenvalue weighted by molar-refractivity contribution is -0.134. The molecule has 0 bridgehead atoms. The maximum absolute atomic E-state index is 13.6. The summed E-state index contributed by atoms with van der Waals surface area (Å²) < 4.78 is 7.19. The van der Waals surface area contributed by atoms with Crippen molar-refractivity contribution in [1.29, 1.82) is 0 Å². The maximum Gasteiger partial charge on any atom is 0.338 e. The summed E-state index contributed by atoms with van der Waals surface area (Å²) in [6, 6.07) is 18.3. The molecule has 0 radical (unpaired) electrons. The fraction of sp³-hybridized carbons (Fsp3) is 0.345. The van der Waals surface area contributed by atoms with Gasteiger partial charge < -0.3 is 24.4 Å². The summed E-state index contributed by atoms with van der Waals surface area (Å²) in [6.45, 7) is 7.76. The van der Waals surface area contributed by atoms with E-state index < -0.39 is 5.97 Å². The highest BCUT2D eigenvalue weighted by molar-refractivity contribution is 5.94. The Bertz CT molecular complexity index is 1230. The third-order valence-electron chi connectivity index (χ3n) is 6.51. The molecule has 37 heavy (non-hydrogen) atoms. The normalized spacial score (nSPS) is 14.6. The number of aryl methyl sites for hydroxylation is 1. The second-order valence-corrected chi connectivity index (χ2v) is 9.18. The number of carbonyl (C=O) groups is 3. The molecule has 4 rings (SSSR count). The number of nitrogens with zero attached hydrogens (tertiary/aromatic N) is 3. The van der Waals surface area contributed by atoms with Gasteiger partial charge in [0.15, 0.2) is 0 Å². The Kier molecular flexibility index (Phi) is 8.28. The van der Waals surface area contributed by atoms with Crippen molar-refractivity contribution in [2.24, 2.45) is 0 Å². The lowest BCUT2D eigenvalue weighted by Gasteiger charge is -2.38. The van der Waals surface area contributed by atoms with Gasteiger partial charge in [0.25, 0.3) is 0 Å². The molecule has 2 heterocycles. The smallest absolute Gasteiger partial charge is 0.338 e. The van der Waals surface area contributed by atoms with Crippen molar-refractivity contribution in [3.05, 3.63) is 89.2 Å². The van der Waals surface area contributed by atoms with Crippen molar-refractivity contribution in [2.45, 2.75) is 39.8 Å². The molecule has 8 nitrogen and oxygen atoms in total. The number of hydrogen-bond acceptors (Lipinski definition) is 4. The van der Waals surface area contributed by atoms with Crippen molar-refractivity contribution in [2.75, 3.05) is 31.6 Å². The highest BCUT2D eigenvalue weighted by atomic mass is 16.5. The predicted octanol–water partition coefficient (Wildman–Crippen LogP) is 4.85. The van der Waals surface area contributed by atoms with Gasteiger partial charge in [-0.25, -0.2) is 9.59 Å². The predicted molar refractivity (Wildman–Crippen MR) is 142 cm³/mol. The van der Waals surface area contributed by atoms with Gasteiger partial charge >= 0.3 is 12.0 Å². The zero-order valence-electron chi connectivity index (χ0n) is 21.6. The van der Waals surface area contributed by atoms with Crippen LogP contribution in [0.4, 0.5) is 10.5 Å². The van der Waals surface area contributed by atoms with E-state index in [1.165, 1.54) is 0 Å². The number of fused-ring (bicyclic) bond motifs is 1. The van der Waals surface area contributed by atoms with Gasteiger partial charge in [-0.15, -0.1) is 0 Å². The van der Waals surface area contributed by atoms with E-state index in [0.29, 0.717) is 43.9 Å². The molecule has 0 saturated heterocycles. The summed E-state index contributed by atoms with van der Waals surface area (Å²) in [4.78, 5) is 42.1. The van der Waals surface area contributed by atoms with Crippen molar-refractivity contribution in [1.82, 2.24) is 14.4 Å². The minimum atomic E-state index is -0.408. The monoisotopic (exact) mass is 502 g/mol. The number of urea groups is 1. The van der Waals surface area contributed by atoms with Crippen molar-refractivity contribution < 1.29 is 19.1 Å². The Balaban J connectivity index is 1.49. The van der Waals surface area contributed by atoms with Crippen LogP contribution in [0.25, 0.3) is 0 Å². The van der Waals surface area contributed by atoms with E-state index >= 15 is 0 Å². The van der Waals surface area contributed by atoms with Crippen LogP contribution in [-0.4, -0.2) is 58.5 Å². The van der Waals surface area contributed by atoms with Gasteiger partial charge in [-0.3, -0.25) is 4.79 Å². The number of carbonyl (C=O) groups excluding carboxylic acids is 3. The molecule has 2 aromatic carbocycles. The Labute approximate surface area is 217 Å². The van der Waals surface area contributed by atoms with E-state index in [1.807, 2.05) is 31.0 Å². The number of nitrogens with one attached hydrogen (secondary N) is 1. The summed E-state index contributed by atoms with van der Waals surface area (Å²) in [5.74, 6) is -0.506. The number of anilines is 1. The molecule has 1 aliphatic rings. The van der Waals surface area contributed by atoms with Gasteiger partial charge in [0, 0.05) is 37.2 Å². The van der Waals surface area contributed by atoms with E-state index in [4.69, 9.17) is 4.74 Å². The fourth-order valence-electron chi connectivity index (χ4n) is 4.63. The number of rotatable bonds is 8. The number of benzene rings is 2. The molecule has 1 aliphatic heterocycles. The summed E-state index contributed by atoms with van der Waals surface area (Å²) in [6.07, 6.45) is 2.76. The Morgan fingerprint density at radius 2 is 1.73 bits per heavy atom. The van der Waals surface area contributed by atoms with Crippen LogP contribution in [0.15, 0.2) is 66.9 Å². The van der Waals surface area contributed by atoms with E-state index in [2.05, 4.69) is 40.2 Å². The first-order valence-electron chi connectivity index (χ1n) is 12.8. The first-order chi connectivity index (χ1) is 17.9. The highest BCUT2D eigenvalue weighted by Gasteiger charge is 2.33. The van der Waals surface area contributed by atoms with Crippen LogP contribution >= 0.6 is 0 Å². The Morgan fingerprint density at radius 3 is 2.41 bits per heavy atom. The number of ether oxygens (including phenoxy) is 1. The van der Waals surface area contributed by atoms with Crippen LogP contribution in [0.2, 0.25) is 0 Å². The molecule has 1 aromatic heterocycles. The molecule has 1 N–H and O–H groups in total. The molecule has 0 saturated carbocycles. The highest BCUT2D eigenvalue weighted by Crippen LogP contribution is 2.32. The molecule has 3 aromatic rings. The van der Waals surface area contributed by atoms with E-state index in [1.54, 1.807) is 36.1 Å². The molecule has 8 heteroatoms. The van der Waals surface area contributed by atoms with E-state index in [-0.39, 0.29) is 24.5 Å². The minimum absolute atomic E-state index is 0.0242. The number of esters is 1. The van der Waals surface area contributed by atoms with Crippen molar-refractivity contribution >= 4 is 23.6 Å². The average molecular weight is 503 g/mol. The van der Waals surface area contributed by atoms with Gasteiger partial charge in [-0.2, -0.15) is 0 Å². The minimum Gasteiger partial charge on any atom is -0.462 e. The first-order valence-corrected chi connectivity index (χ1v) is 12.8. The number of hydrogen-bond donors (Lipinski definition) is 1. The van der Waals surface area contributed by atoms with Crippen molar-refractivity contribution in [3.63, 3.8) is 0 Å². The van der Waals surface area contributed by atoms with Crippen LogP contribution in [-0.2, 0) is 16.1 Å². The zero-order valence-corrected chi connectivity index (χ0v) is 21.6. The van der Waals surface area contributed by atoms with Gasteiger partial charge in [-0.05, 0) is 62.2 Å². The molecular formula is C29H34N4O4. The Morgan fingerprint density at radius 1 is 1.00 bits per heavy atom. The SMILES string of the molecule is CCCN(CC(=O)N1CCn2cccc2C1c1ccc(C)cc1)C(=O)Nc1ccc(C(=O)OCC)cc1. The van der Waals surface area contributed by atoms with E-state index in [9.17, 15) is 14.4 Å². The van der Waals surface area contributed by atoms with Gasteiger partial charge in [0.1, 0.15) is 6.54 Å². The quantitative estimate of drug-likeness (QED) is 0.447. The third kappa shape index (κ3) is 6.02. The summed E-state index contributed by atoms with van der Waals surface area (Å²) >= 11 is 0. The molecule has 0 fully saturated rings. The van der Waals surface area contributed by atoms with Crippen LogP contribution in [0.5, 0.6) is 0 Å². The molecule has 194 valence electrons. The van der Waals surface area contributed by atoms with Crippen LogP contribution in [0, 0.1) is 6.92 Å². The van der Waals surface area contributed by atoms with Gasteiger partial charge in [0.2, 0.25) is 5.91 Å². The first kappa shape index (κ1) is 26.0. The molecule has 1 atom stereocenters. The fourth-order valence-corrected chi connectivity index (χ4v) is 4.63. The van der Waals surface area contributed by atoms with Crippen molar-refractivity contribution in [3.8, 4) is 0 Å². The lowest BCUT2D eigenvalue weighted by atomic mass is 9.98. The summed E-state index contributed by atoms with van der Waals surface area (Å²) in [7, 11) is 0. The van der Waals surface area contributed by atoms with Gasteiger partial charge in [0.05, 0.1) is 18.2 Å².